The van der Waals surface area contributed by atoms with Crippen LogP contribution in [0.4, 0.5) is 5.95 Å². The molecule has 0 spiro atoms. The molecule has 104 valence electrons. The van der Waals surface area contributed by atoms with Gasteiger partial charge in [0.2, 0.25) is 5.95 Å². The molecule has 0 aromatic carbocycles. The zero-order chi connectivity index (χ0) is 13.8. The Morgan fingerprint density at radius 1 is 1.42 bits per heavy atom. The maximum absolute atomic E-state index is 10.8. The Morgan fingerprint density at radius 3 is 2.63 bits per heavy atom. The largest absolute Gasteiger partial charge is 0.423 e. The number of carbonyl (C=O) groups is 1. The van der Waals surface area contributed by atoms with Crippen molar-refractivity contribution >= 4 is 11.9 Å². The molecular formula is C13H20N4O2. The van der Waals surface area contributed by atoms with Crippen LogP contribution in [-0.2, 0) is 4.79 Å². The maximum Gasteiger partial charge on any atom is 0.308 e. The monoisotopic (exact) mass is 264 g/mol. The highest BCUT2D eigenvalue weighted by atomic mass is 16.5. The van der Waals surface area contributed by atoms with Crippen molar-refractivity contribution in [2.75, 3.05) is 31.1 Å². The van der Waals surface area contributed by atoms with Gasteiger partial charge in [0, 0.05) is 32.6 Å². The fraction of sp³-hybridized carbons (Fsp3) is 0.615. The highest BCUT2D eigenvalue weighted by molar-refractivity contribution is 5.69. The Kier molecular flexibility index (Phi) is 4.31. The minimum Gasteiger partial charge on any atom is -0.423 e. The number of aromatic nitrogens is 2. The molecular weight excluding hydrogens is 244 g/mol. The van der Waals surface area contributed by atoms with Gasteiger partial charge in [-0.3, -0.25) is 9.69 Å². The molecule has 2 rings (SSSR count). The molecule has 1 aliphatic heterocycles. The van der Waals surface area contributed by atoms with Gasteiger partial charge in [-0.25, -0.2) is 9.97 Å². The number of rotatable bonds is 3. The zero-order valence-corrected chi connectivity index (χ0v) is 11.7. The summed E-state index contributed by atoms with van der Waals surface area (Å²) in [5.74, 6) is 0.719. The lowest BCUT2D eigenvalue weighted by molar-refractivity contribution is -0.131. The van der Waals surface area contributed by atoms with E-state index in [1.165, 1.54) is 6.92 Å². The number of likely N-dealkylation sites (N-methyl/N-ethyl adjacent to an activating group) is 1. The summed E-state index contributed by atoms with van der Waals surface area (Å²) in [5, 5.41) is 0. The Bertz CT molecular complexity index is 435. The molecule has 19 heavy (non-hydrogen) atoms. The third-order valence-electron chi connectivity index (χ3n) is 3.33. The standard InChI is InChI=1S/C13H20N4O2/c1-4-16-5-6-17(9-10(16)2)13-14-7-12(8-15-13)19-11(3)18/h7-8,10H,4-6,9H2,1-3H3. The van der Waals surface area contributed by atoms with E-state index in [0.29, 0.717) is 17.7 Å². The molecule has 1 unspecified atom stereocenters. The van der Waals surface area contributed by atoms with Gasteiger partial charge in [-0.2, -0.15) is 0 Å². The molecule has 1 saturated heterocycles. The van der Waals surface area contributed by atoms with Crippen LogP contribution in [0.2, 0.25) is 0 Å². The van der Waals surface area contributed by atoms with Crippen LogP contribution < -0.4 is 9.64 Å². The number of anilines is 1. The number of hydrogen-bond acceptors (Lipinski definition) is 6. The second kappa shape index (κ2) is 5.97. The first-order valence-corrected chi connectivity index (χ1v) is 6.59. The molecule has 1 fully saturated rings. The lowest BCUT2D eigenvalue weighted by atomic mass is 10.2. The molecule has 0 bridgehead atoms. The average molecular weight is 264 g/mol. The van der Waals surface area contributed by atoms with E-state index in [-0.39, 0.29) is 5.97 Å². The van der Waals surface area contributed by atoms with Gasteiger partial charge in [-0.05, 0) is 13.5 Å². The van der Waals surface area contributed by atoms with Crippen molar-refractivity contribution < 1.29 is 9.53 Å². The molecule has 1 aromatic rings. The summed E-state index contributed by atoms with van der Waals surface area (Å²) in [7, 11) is 0. The number of carbonyl (C=O) groups excluding carboxylic acids is 1. The van der Waals surface area contributed by atoms with Crippen LogP contribution in [0.25, 0.3) is 0 Å². The van der Waals surface area contributed by atoms with Crippen molar-refractivity contribution in [1.82, 2.24) is 14.9 Å². The normalized spacial score (nSPS) is 20.4. The summed E-state index contributed by atoms with van der Waals surface area (Å²) in [6.07, 6.45) is 3.08. The molecule has 0 radical (unpaired) electrons. The Balaban J connectivity index is 2.01. The Labute approximate surface area is 113 Å². The highest BCUT2D eigenvalue weighted by Gasteiger charge is 2.23. The van der Waals surface area contributed by atoms with Crippen molar-refractivity contribution in [1.29, 1.82) is 0 Å². The van der Waals surface area contributed by atoms with Crippen molar-refractivity contribution in [3.8, 4) is 5.75 Å². The molecule has 0 N–H and O–H groups in total. The Morgan fingerprint density at radius 2 is 2.11 bits per heavy atom. The molecule has 1 aliphatic rings. The number of esters is 1. The fourth-order valence-electron chi connectivity index (χ4n) is 2.34. The van der Waals surface area contributed by atoms with Gasteiger partial charge in [0.25, 0.3) is 0 Å². The molecule has 6 heteroatoms. The van der Waals surface area contributed by atoms with Crippen molar-refractivity contribution in [2.24, 2.45) is 0 Å². The second-order valence-corrected chi connectivity index (χ2v) is 4.74. The average Bonchev–Trinajstić information content (AvgIpc) is 2.39. The minimum atomic E-state index is -0.360. The molecule has 0 aliphatic carbocycles. The predicted molar refractivity (Wildman–Crippen MR) is 72.3 cm³/mol. The topological polar surface area (TPSA) is 58.6 Å². The van der Waals surface area contributed by atoms with Gasteiger partial charge < -0.3 is 9.64 Å². The van der Waals surface area contributed by atoms with Crippen LogP contribution >= 0.6 is 0 Å². The van der Waals surface area contributed by atoms with Gasteiger partial charge in [0.1, 0.15) is 0 Å². The fourth-order valence-corrected chi connectivity index (χ4v) is 2.34. The van der Waals surface area contributed by atoms with Gasteiger partial charge >= 0.3 is 5.97 Å². The SMILES string of the molecule is CCN1CCN(c2ncc(OC(C)=O)cn2)CC1C. The highest BCUT2D eigenvalue weighted by Crippen LogP contribution is 2.16. The first-order chi connectivity index (χ1) is 9.10. The molecule has 2 heterocycles. The van der Waals surface area contributed by atoms with E-state index in [1.807, 2.05) is 0 Å². The number of ether oxygens (including phenoxy) is 1. The van der Waals surface area contributed by atoms with E-state index in [1.54, 1.807) is 12.4 Å². The van der Waals surface area contributed by atoms with E-state index >= 15 is 0 Å². The molecule has 1 aromatic heterocycles. The van der Waals surface area contributed by atoms with E-state index < -0.39 is 0 Å². The van der Waals surface area contributed by atoms with Crippen LogP contribution in [0.15, 0.2) is 12.4 Å². The first-order valence-electron chi connectivity index (χ1n) is 6.59. The minimum absolute atomic E-state index is 0.360. The van der Waals surface area contributed by atoms with Crippen molar-refractivity contribution in [3.63, 3.8) is 0 Å². The van der Waals surface area contributed by atoms with E-state index in [9.17, 15) is 4.79 Å². The van der Waals surface area contributed by atoms with Crippen LogP contribution in [-0.4, -0.2) is 53.1 Å². The summed E-state index contributed by atoms with van der Waals surface area (Å²) in [6.45, 7) is 9.68. The number of hydrogen-bond donors (Lipinski definition) is 0. The molecule has 0 saturated carbocycles. The summed E-state index contributed by atoms with van der Waals surface area (Å²) < 4.78 is 4.92. The quantitative estimate of drug-likeness (QED) is 0.757. The molecule has 0 amide bonds. The summed E-state index contributed by atoms with van der Waals surface area (Å²) in [5.41, 5.74) is 0. The van der Waals surface area contributed by atoms with Gasteiger partial charge in [-0.15, -0.1) is 0 Å². The summed E-state index contributed by atoms with van der Waals surface area (Å²) in [4.78, 5) is 23.9. The van der Waals surface area contributed by atoms with Gasteiger partial charge in [-0.1, -0.05) is 6.92 Å². The van der Waals surface area contributed by atoms with Crippen LogP contribution in [0.3, 0.4) is 0 Å². The third-order valence-corrected chi connectivity index (χ3v) is 3.33. The third kappa shape index (κ3) is 3.41. The number of piperazine rings is 1. The van der Waals surface area contributed by atoms with Crippen LogP contribution in [0.5, 0.6) is 5.75 Å². The van der Waals surface area contributed by atoms with Gasteiger partial charge in [0.15, 0.2) is 5.75 Å². The zero-order valence-electron chi connectivity index (χ0n) is 11.7. The molecule has 1 atom stereocenters. The first kappa shape index (κ1) is 13.7. The maximum atomic E-state index is 10.8. The van der Waals surface area contributed by atoms with E-state index in [2.05, 4.69) is 33.6 Å². The summed E-state index contributed by atoms with van der Waals surface area (Å²) in [6, 6.07) is 0.496. The smallest absolute Gasteiger partial charge is 0.308 e. The Hall–Kier alpha value is -1.69. The van der Waals surface area contributed by atoms with Crippen LogP contribution in [0.1, 0.15) is 20.8 Å². The van der Waals surface area contributed by atoms with E-state index in [0.717, 1.165) is 26.2 Å². The van der Waals surface area contributed by atoms with Crippen molar-refractivity contribution in [2.45, 2.75) is 26.8 Å². The van der Waals surface area contributed by atoms with Crippen LogP contribution in [0, 0.1) is 0 Å². The number of nitrogens with zero attached hydrogens (tertiary/aromatic N) is 4. The van der Waals surface area contributed by atoms with E-state index in [4.69, 9.17) is 4.74 Å². The lowest BCUT2D eigenvalue weighted by Gasteiger charge is -2.39. The molecule has 6 nitrogen and oxygen atoms in total. The van der Waals surface area contributed by atoms with Gasteiger partial charge in [0.05, 0.1) is 12.4 Å². The summed E-state index contributed by atoms with van der Waals surface area (Å²) >= 11 is 0. The second-order valence-electron chi connectivity index (χ2n) is 4.74. The van der Waals surface area contributed by atoms with Crippen molar-refractivity contribution in [3.05, 3.63) is 12.4 Å². The predicted octanol–water partition coefficient (Wildman–Crippen LogP) is 0.932. The lowest BCUT2D eigenvalue weighted by Crippen LogP contribution is -2.52.